The summed E-state index contributed by atoms with van der Waals surface area (Å²) in [7, 11) is 0. The Kier molecular flexibility index (Phi) is 6.50. The van der Waals surface area contributed by atoms with Crippen LogP contribution < -0.4 is 9.75 Å². The number of carbonyl (C=O) groups is 1. The van der Waals surface area contributed by atoms with Crippen LogP contribution in [0.2, 0.25) is 0 Å². The molecule has 2 aromatic carbocycles. The lowest BCUT2D eigenvalue weighted by Crippen LogP contribution is -2.25. The SMILES string of the molecule is C#CCOc1c(Br)cc(/C=C2\C(=O)N(c3c(F)c(F)c(F)c(F)c3F)N=C2C)cc1[N+](=O)[O-]. The van der Waals surface area contributed by atoms with Gasteiger partial charge in [0.25, 0.3) is 5.91 Å². The molecule has 1 amide bonds. The van der Waals surface area contributed by atoms with E-state index in [9.17, 15) is 36.9 Å². The summed E-state index contributed by atoms with van der Waals surface area (Å²) in [6.07, 6.45) is 6.18. The summed E-state index contributed by atoms with van der Waals surface area (Å²) < 4.78 is 74.0. The zero-order valence-corrected chi connectivity index (χ0v) is 17.8. The van der Waals surface area contributed by atoms with Gasteiger partial charge in [0.05, 0.1) is 20.7 Å². The van der Waals surface area contributed by atoms with Gasteiger partial charge in [-0.3, -0.25) is 14.9 Å². The molecule has 0 unspecified atom stereocenters. The van der Waals surface area contributed by atoms with Crippen molar-refractivity contribution >= 4 is 45.0 Å². The van der Waals surface area contributed by atoms with Crippen LogP contribution in [-0.4, -0.2) is 23.1 Å². The van der Waals surface area contributed by atoms with Crippen LogP contribution in [0.1, 0.15) is 12.5 Å². The fraction of sp³-hybridized carbons (Fsp3) is 0.100. The number of nitro groups is 1. The van der Waals surface area contributed by atoms with Crippen LogP contribution in [0.25, 0.3) is 6.08 Å². The summed E-state index contributed by atoms with van der Waals surface area (Å²) in [5, 5.41) is 15.0. The van der Waals surface area contributed by atoms with Crippen molar-refractivity contribution in [3.63, 3.8) is 0 Å². The molecule has 0 saturated heterocycles. The third kappa shape index (κ3) is 4.17. The Labute approximate surface area is 190 Å². The maximum atomic E-state index is 14.1. The molecule has 2 aromatic rings. The second-order valence-electron chi connectivity index (χ2n) is 6.38. The number of carbonyl (C=O) groups excluding carboxylic acids is 1. The summed E-state index contributed by atoms with van der Waals surface area (Å²) in [5.41, 5.74) is -2.45. The molecule has 170 valence electrons. The van der Waals surface area contributed by atoms with Gasteiger partial charge in [-0.25, -0.2) is 22.0 Å². The highest BCUT2D eigenvalue weighted by atomic mass is 79.9. The molecule has 0 N–H and O–H groups in total. The van der Waals surface area contributed by atoms with Gasteiger partial charge in [0.1, 0.15) is 12.3 Å². The van der Waals surface area contributed by atoms with Gasteiger partial charge in [-0.05, 0) is 40.6 Å². The average molecular weight is 530 g/mol. The van der Waals surface area contributed by atoms with E-state index in [1.54, 1.807) is 0 Å². The maximum Gasteiger partial charge on any atom is 0.312 e. The molecule has 0 aliphatic carbocycles. The van der Waals surface area contributed by atoms with E-state index in [0.717, 1.165) is 12.1 Å². The van der Waals surface area contributed by atoms with Crippen molar-refractivity contribution in [1.29, 1.82) is 0 Å². The van der Waals surface area contributed by atoms with Gasteiger partial charge in [-0.15, -0.1) is 6.42 Å². The molecule has 0 radical (unpaired) electrons. The molecule has 1 aliphatic rings. The van der Waals surface area contributed by atoms with E-state index in [-0.39, 0.29) is 38.7 Å². The first-order valence-electron chi connectivity index (χ1n) is 8.66. The van der Waals surface area contributed by atoms with E-state index < -0.39 is 51.3 Å². The Morgan fingerprint density at radius 3 is 2.30 bits per heavy atom. The number of nitro benzene ring substituents is 1. The van der Waals surface area contributed by atoms with E-state index in [0.29, 0.717) is 0 Å². The first-order chi connectivity index (χ1) is 15.5. The van der Waals surface area contributed by atoms with Crippen LogP contribution in [0.15, 0.2) is 27.3 Å². The number of rotatable bonds is 5. The van der Waals surface area contributed by atoms with Crippen molar-refractivity contribution in [1.82, 2.24) is 0 Å². The van der Waals surface area contributed by atoms with Crippen LogP contribution >= 0.6 is 15.9 Å². The number of ether oxygens (including phenoxy) is 1. The molecule has 7 nitrogen and oxygen atoms in total. The molecule has 0 aromatic heterocycles. The minimum Gasteiger partial charge on any atom is -0.473 e. The Morgan fingerprint density at radius 1 is 1.18 bits per heavy atom. The standard InChI is InChI=1S/C20H9BrF5N3O4/c1-3-4-33-19-11(21)6-9(7-12(19)29(31)32)5-10-8(2)27-28(20(10)30)18-16(25)14(23)13(22)15(24)17(18)26/h1,5-7H,4H2,2H3/b10-5-. The lowest BCUT2D eigenvalue weighted by atomic mass is 10.1. The lowest BCUT2D eigenvalue weighted by molar-refractivity contribution is -0.385. The van der Waals surface area contributed by atoms with Crippen molar-refractivity contribution in [2.75, 3.05) is 11.6 Å². The minimum atomic E-state index is -2.39. The van der Waals surface area contributed by atoms with Gasteiger partial charge >= 0.3 is 5.69 Å². The highest BCUT2D eigenvalue weighted by molar-refractivity contribution is 9.10. The van der Waals surface area contributed by atoms with Crippen LogP contribution in [-0.2, 0) is 4.79 Å². The summed E-state index contributed by atoms with van der Waals surface area (Å²) in [6.45, 7) is 0.977. The predicted molar refractivity (Wildman–Crippen MR) is 110 cm³/mol. The van der Waals surface area contributed by atoms with Crippen LogP contribution in [0.5, 0.6) is 5.75 Å². The van der Waals surface area contributed by atoms with Gasteiger partial charge in [-0.1, -0.05) is 5.92 Å². The molecular weight excluding hydrogens is 521 g/mol. The van der Waals surface area contributed by atoms with Gasteiger partial charge in [0, 0.05) is 6.07 Å². The second kappa shape index (κ2) is 8.99. The summed E-state index contributed by atoms with van der Waals surface area (Å²) in [4.78, 5) is 23.4. The molecule has 3 rings (SSSR count). The first-order valence-corrected chi connectivity index (χ1v) is 9.46. The Morgan fingerprint density at radius 2 is 1.76 bits per heavy atom. The molecule has 1 heterocycles. The number of hydrazone groups is 1. The molecule has 0 fully saturated rings. The lowest BCUT2D eigenvalue weighted by Gasteiger charge is -2.15. The van der Waals surface area contributed by atoms with Crippen molar-refractivity contribution in [3.05, 3.63) is 66.9 Å². The van der Waals surface area contributed by atoms with E-state index in [4.69, 9.17) is 11.2 Å². The van der Waals surface area contributed by atoms with Crippen LogP contribution in [0, 0.1) is 51.5 Å². The summed E-state index contributed by atoms with van der Waals surface area (Å²) in [6, 6.07) is 2.36. The molecule has 33 heavy (non-hydrogen) atoms. The predicted octanol–water partition coefficient (Wildman–Crippen LogP) is 4.87. The van der Waals surface area contributed by atoms with E-state index in [2.05, 4.69) is 27.0 Å². The monoisotopic (exact) mass is 529 g/mol. The Balaban J connectivity index is 2.09. The first kappa shape index (κ1) is 23.9. The number of hydrogen-bond donors (Lipinski definition) is 0. The maximum absolute atomic E-state index is 14.1. The number of nitrogens with zero attached hydrogens (tertiary/aromatic N) is 3. The average Bonchev–Trinajstić information content (AvgIpc) is 3.03. The largest absolute Gasteiger partial charge is 0.473 e. The highest BCUT2D eigenvalue weighted by Crippen LogP contribution is 2.38. The molecule has 0 saturated carbocycles. The quantitative estimate of drug-likeness (QED) is 0.105. The van der Waals surface area contributed by atoms with Gasteiger partial charge in [0.2, 0.25) is 11.6 Å². The summed E-state index contributed by atoms with van der Waals surface area (Å²) in [5.74, 6) is -10.6. The van der Waals surface area contributed by atoms with Crippen LogP contribution in [0.4, 0.5) is 33.3 Å². The molecule has 13 heteroatoms. The van der Waals surface area contributed by atoms with Gasteiger partial charge in [0.15, 0.2) is 23.3 Å². The zero-order chi connectivity index (χ0) is 24.6. The third-order valence-corrected chi connectivity index (χ3v) is 4.90. The van der Waals surface area contributed by atoms with Crippen molar-refractivity contribution in [2.24, 2.45) is 5.10 Å². The number of halogens is 6. The molecule has 0 bridgehead atoms. The van der Waals surface area contributed by atoms with Crippen molar-refractivity contribution in [2.45, 2.75) is 6.92 Å². The summed E-state index contributed by atoms with van der Waals surface area (Å²) >= 11 is 3.10. The van der Waals surface area contributed by atoms with Gasteiger partial charge < -0.3 is 4.74 Å². The molecule has 1 aliphatic heterocycles. The fourth-order valence-corrected chi connectivity index (χ4v) is 3.44. The van der Waals surface area contributed by atoms with E-state index in [1.165, 1.54) is 13.0 Å². The Hall–Kier alpha value is -3.79. The number of hydrogen-bond acceptors (Lipinski definition) is 5. The topological polar surface area (TPSA) is 85.0 Å². The highest BCUT2D eigenvalue weighted by Gasteiger charge is 2.37. The zero-order valence-electron chi connectivity index (χ0n) is 16.3. The number of terminal acetylenes is 1. The van der Waals surface area contributed by atoms with E-state index in [1.807, 2.05) is 0 Å². The van der Waals surface area contributed by atoms with Crippen LogP contribution in [0.3, 0.4) is 0 Å². The number of benzene rings is 2. The van der Waals surface area contributed by atoms with E-state index >= 15 is 0 Å². The van der Waals surface area contributed by atoms with Crippen molar-refractivity contribution in [3.8, 4) is 18.1 Å². The fourth-order valence-electron chi connectivity index (χ4n) is 2.86. The molecule has 0 atom stereocenters. The molecular formula is C20H9BrF5N3O4. The van der Waals surface area contributed by atoms with Gasteiger partial charge in [-0.2, -0.15) is 10.1 Å². The third-order valence-electron chi connectivity index (χ3n) is 4.31. The smallest absolute Gasteiger partial charge is 0.312 e. The molecule has 0 spiro atoms. The number of anilines is 1. The normalized spacial score (nSPS) is 14.5. The second-order valence-corrected chi connectivity index (χ2v) is 7.23. The van der Waals surface area contributed by atoms with Crippen molar-refractivity contribution < 1.29 is 36.4 Å². The Bertz CT molecular complexity index is 1290. The minimum absolute atomic E-state index is 0.0330. The number of amides is 1.